The number of rotatable bonds is 6. The molecule has 1 aromatic rings. The lowest BCUT2D eigenvalue weighted by molar-refractivity contribution is 0.538. The second kappa shape index (κ2) is 6.79. The predicted molar refractivity (Wildman–Crippen MR) is 68.9 cm³/mol. The molecule has 1 heterocycles. The van der Waals surface area contributed by atoms with Gasteiger partial charge in [0.15, 0.2) is 0 Å². The average Bonchev–Trinajstić information content (AvgIpc) is 2.71. The van der Waals surface area contributed by atoms with Gasteiger partial charge in [0, 0.05) is 40.3 Å². The third kappa shape index (κ3) is 4.88. The molecule has 16 heavy (non-hydrogen) atoms. The second-order valence-corrected chi connectivity index (χ2v) is 6.45. The molecule has 5 heteroatoms. The zero-order valence-electron chi connectivity index (χ0n) is 9.53. The molecular weight excluding hydrogens is 240 g/mol. The Morgan fingerprint density at radius 3 is 2.94 bits per heavy atom. The standard InChI is InChI=1S/C11H16N2OS2/c1-9(5-6-16(2)14)13-8-11-4-3-10(7-12)15-11/h3-4,9,13H,5-6,8H2,1-2H3. The van der Waals surface area contributed by atoms with Gasteiger partial charge in [0.1, 0.15) is 10.9 Å². The quantitative estimate of drug-likeness (QED) is 0.845. The van der Waals surface area contributed by atoms with Crippen molar-refractivity contribution >= 4 is 22.1 Å². The van der Waals surface area contributed by atoms with Crippen molar-refractivity contribution < 1.29 is 4.21 Å². The summed E-state index contributed by atoms with van der Waals surface area (Å²) in [7, 11) is -0.712. The maximum atomic E-state index is 10.9. The highest BCUT2D eigenvalue weighted by Crippen LogP contribution is 2.15. The molecule has 0 aromatic carbocycles. The van der Waals surface area contributed by atoms with Crippen molar-refractivity contribution in [2.45, 2.75) is 25.9 Å². The van der Waals surface area contributed by atoms with Crippen molar-refractivity contribution in [3.63, 3.8) is 0 Å². The van der Waals surface area contributed by atoms with Crippen molar-refractivity contribution in [3.8, 4) is 6.07 Å². The molecule has 2 unspecified atom stereocenters. The van der Waals surface area contributed by atoms with Gasteiger partial charge in [-0.15, -0.1) is 11.3 Å². The first-order valence-electron chi connectivity index (χ1n) is 5.14. The summed E-state index contributed by atoms with van der Waals surface area (Å²) in [6, 6.07) is 6.30. The maximum absolute atomic E-state index is 10.9. The van der Waals surface area contributed by atoms with E-state index in [2.05, 4.69) is 18.3 Å². The monoisotopic (exact) mass is 256 g/mol. The molecule has 3 nitrogen and oxygen atoms in total. The molecule has 0 aliphatic rings. The molecule has 88 valence electrons. The highest BCUT2D eigenvalue weighted by atomic mass is 32.2. The minimum Gasteiger partial charge on any atom is -0.309 e. The van der Waals surface area contributed by atoms with E-state index >= 15 is 0 Å². The fourth-order valence-electron chi connectivity index (χ4n) is 1.25. The molecule has 1 N–H and O–H groups in total. The van der Waals surface area contributed by atoms with Gasteiger partial charge in [-0.25, -0.2) is 0 Å². The lowest BCUT2D eigenvalue weighted by Gasteiger charge is -2.11. The van der Waals surface area contributed by atoms with Gasteiger partial charge in [0.2, 0.25) is 0 Å². The van der Waals surface area contributed by atoms with E-state index in [1.54, 1.807) is 6.26 Å². The smallest absolute Gasteiger partial charge is 0.110 e. The van der Waals surface area contributed by atoms with E-state index in [-0.39, 0.29) is 0 Å². The summed E-state index contributed by atoms with van der Waals surface area (Å²) < 4.78 is 10.9. The van der Waals surface area contributed by atoms with Crippen molar-refractivity contribution in [2.75, 3.05) is 12.0 Å². The van der Waals surface area contributed by atoms with Crippen LogP contribution in [0.4, 0.5) is 0 Å². The fraction of sp³-hybridized carbons (Fsp3) is 0.545. The van der Waals surface area contributed by atoms with Gasteiger partial charge >= 0.3 is 0 Å². The first-order chi connectivity index (χ1) is 7.61. The molecule has 0 saturated heterocycles. The topological polar surface area (TPSA) is 52.9 Å². The third-order valence-electron chi connectivity index (χ3n) is 2.23. The van der Waals surface area contributed by atoms with Crippen LogP contribution in [-0.2, 0) is 17.3 Å². The van der Waals surface area contributed by atoms with Gasteiger partial charge in [-0.2, -0.15) is 5.26 Å². The van der Waals surface area contributed by atoms with Crippen LogP contribution < -0.4 is 5.32 Å². The van der Waals surface area contributed by atoms with E-state index in [0.29, 0.717) is 6.04 Å². The summed E-state index contributed by atoms with van der Waals surface area (Å²) in [5, 5.41) is 12.0. The van der Waals surface area contributed by atoms with Crippen LogP contribution in [0.1, 0.15) is 23.1 Å². The number of hydrogen-bond acceptors (Lipinski definition) is 4. The van der Waals surface area contributed by atoms with Crippen LogP contribution in [0.25, 0.3) is 0 Å². The van der Waals surface area contributed by atoms with Crippen molar-refractivity contribution in [3.05, 3.63) is 21.9 Å². The molecule has 2 atom stereocenters. The molecule has 1 aromatic heterocycles. The maximum Gasteiger partial charge on any atom is 0.110 e. The van der Waals surface area contributed by atoms with Gasteiger partial charge in [0.25, 0.3) is 0 Å². The lowest BCUT2D eigenvalue weighted by Crippen LogP contribution is -2.26. The SMILES string of the molecule is CC(CCS(C)=O)NCc1ccc(C#N)s1. The van der Waals surface area contributed by atoms with Gasteiger partial charge in [0.05, 0.1) is 0 Å². The third-order valence-corrected chi connectivity index (χ3v) is 4.04. The average molecular weight is 256 g/mol. The minimum absolute atomic E-state index is 0.358. The van der Waals surface area contributed by atoms with Crippen LogP contribution in [0.3, 0.4) is 0 Å². The van der Waals surface area contributed by atoms with Crippen LogP contribution in [0, 0.1) is 11.3 Å². The Labute approximate surface area is 103 Å². The number of nitrogens with zero attached hydrogens (tertiary/aromatic N) is 1. The highest BCUT2D eigenvalue weighted by Gasteiger charge is 2.04. The number of nitriles is 1. The van der Waals surface area contributed by atoms with Crippen molar-refractivity contribution in [1.29, 1.82) is 5.26 Å². The zero-order chi connectivity index (χ0) is 12.0. The van der Waals surface area contributed by atoms with Crippen molar-refractivity contribution in [2.24, 2.45) is 0 Å². The van der Waals surface area contributed by atoms with E-state index in [4.69, 9.17) is 5.26 Å². The van der Waals surface area contributed by atoms with Gasteiger partial charge in [-0.05, 0) is 25.5 Å². The molecule has 0 aliphatic carbocycles. The summed E-state index contributed by atoms with van der Waals surface area (Å²) in [5.74, 6) is 0.738. The molecule has 0 aliphatic heterocycles. The normalized spacial score (nSPS) is 14.3. The number of thiophene rings is 1. The Morgan fingerprint density at radius 1 is 1.62 bits per heavy atom. The predicted octanol–water partition coefficient (Wildman–Crippen LogP) is 1.87. The molecule has 0 bridgehead atoms. The first-order valence-corrected chi connectivity index (χ1v) is 7.68. The van der Waals surface area contributed by atoms with E-state index in [1.165, 1.54) is 16.2 Å². The summed E-state index contributed by atoms with van der Waals surface area (Å²) in [6.07, 6.45) is 2.64. The van der Waals surface area contributed by atoms with E-state index in [9.17, 15) is 4.21 Å². The van der Waals surface area contributed by atoms with Crippen LogP contribution >= 0.6 is 11.3 Å². The van der Waals surface area contributed by atoms with Gasteiger partial charge < -0.3 is 5.32 Å². The largest absolute Gasteiger partial charge is 0.309 e. The Bertz CT molecular complexity index is 395. The summed E-state index contributed by atoms with van der Waals surface area (Å²) in [6.45, 7) is 2.87. The lowest BCUT2D eigenvalue weighted by atomic mass is 10.2. The Morgan fingerprint density at radius 2 is 2.38 bits per heavy atom. The van der Waals surface area contributed by atoms with E-state index < -0.39 is 10.8 Å². The Balaban J connectivity index is 2.29. The Kier molecular flexibility index (Phi) is 5.67. The first kappa shape index (κ1) is 13.4. The summed E-state index contributed by atoms with van der Waals surface area (Å²) in [5.41, 5.74) is 0. The highest BCUT2D eigenvalue weighted by molar-refractivity contribution is 7.84. The van der Waals surface area contributed by atoms with E-state index in [1.807, 2.05) is 12.1 Å². The van der Waals surface area contributed by atoms with Gasteiger partial charge in [-0.1, -0.05) is 0 Å². The molecule has 0 amide bonds. The molecule has 0 saturated carbocycles. The molecular formula is C11H16N2OS2. The van der Waals surface area contributed by atoms with Gasteiger partial charge in [-0.3, -0.25) is 4.21 Å². The van der Waals surface area contributed by atoms with E-state index in [0.717, 1.165) is 23.6 Å². The molecule has 1 rings (SSSR count). The molecule has 0 radical (unpaired) electrons. The molecule has 0 spiro atoms. The zero-order valence-corrected chi connectivity index (χ0v) is 11.2. The van der Waals surface area contributed by atoms with Crippen LogP contribution in [-0.4, -0.2) is 22.3 Å². The second-order valence-electron chi connectivity index (χ2n) is 3.73. The van der Waals surface area contributed by atoms with Crippen LogP contribution in [0.2, 0.25) is 0 Å². The number of hydrogen-bond donors (Lipinski definition) is 1. The summed E-state index contributed by atoms with van der Waals surface area (Å²) >= 11 is 1.52. The van der Waals surface area contributed by atoms with Crippen LogP contribution in [0.5, 0.6) is 0 Å². The minimum atomic E-state index is -0.712. The van der Waals surface area contributed by atoms with Crippen LogP contribution in [0.15, 0.2) is 12.1 Å². The summed E-state index contributed by atoms with van der Waals surface area (Å²) in [4.78, 5) is 1.92. The Hall–Kier alpha value is -0.700. The fourth-order valence-corrected chi connectivity index (χ4v) is 2.69. The van der Waals surface area contributed by atoms with Crippen molar-refractivity contribution in [1.82, 2.24) is 5.32 Å². The molecule has 0 fully saturated rings. The number of nitrogens with one attached hydrogen (secondary N) is 1.